The number of aromatic nitrogens is 1. The molecular weight excluding hydrogens is 260 g/mol. The lowest BCUT2D eigenvalue weighted by Gasteiger charge is -2.05. The van der Waals surface area contributed by atoms with Gasteiger partial charge in [0.2, 0.25) is 0 Å². The molecule has 1 aromatic heterocycles. The van der Waals surface area contributed by atoms with Gasteiger partial charge in [-0.15, -0.1) is 0 Å². The van der Waals surface area contributed by atoms with Crippen LogP contribution in [0, 0.1) is 0 Å². The summed E-state index contributed by atoms with van der Waals surface area (Å²) >= 11 is 6.32. The largest absolute Gasteiger partial charge is 0.376 e. The zero-order valence-corrected chi connectivity index (χ0v) is 11.9. The van der Waals surface area contributed by atoms with Crippen molar-refractivity contribution in [3.8, 4) is 0 Å². The monoisotopic (exact) mass is 278 g/mol. The molecule has 19 heavy (non-hydrogen) atoms. The van der Waals surface area contributed by atoms with Crippen LogP contribution in [0.3, 0.4) is 0 Å². The van der Waals surface area contributed by atoms with Gasteiger partial charge in [0.05, 0.1) is 18.2 Å². The van der Waals surface area contributed by atoms with E-state index in [1.54, 1.807) is 0 Å². The van der Waals surface area contributed by atoms with E-state index in [2.05, 4.69) is 16.9 Å². The normalized spacial score (nSPS) is 11.1. The second kappa shape index (κ2) is 6.75. The fourth-order valence-electron chi connectivity index (χ4n) is 1.89. The van der Waals surface area contributed by atoms with Gasteiger partial charge in [-0.3, -0.25) is 0 Å². The summed E-state index contributed by atoms with van der Waals surface area (Å²) in [5.74, 6) is 0. The Hall–Kier alpha value is -1.29. The van der Waals surface area contributed by atoms with Crippen LogP contribution in [0.4, 0.5) is 0 Å². The maximum atomic E-state index is 6.32. The van der Waals surface area contributed by atoms with Crippen LogP contribution in [0.15, 0.2) is 36.4 Å². The number of para-hydroxylation sites is 1. The molecule has 0 radical (unpaired) electrons. The molecular formula is C15H19ClN2O. The van der Waals surface area contributed by atoms with E-state index in [-0.39, 0.29) is 0 Å². The molecule has 0 atom stereocenters. The van der Waals surface area contributed by atoms with Crippen molar-refractivity contribution in [2.45, 2.75) is 13.5 Å². The summed E-state index contributed by atoms with van der Waals surface area (Å²) < 4.78 is 5.42. The minimum absolute atomic E-state index is 0.620. The van der Waals surface area contributed by atoms with Crippen molar-refractivity contribution in [2.24, 2.45) is 0 Å². The van der Waals surface area contributed by atoms with Gasteiger partial charge in [-0.25, -0.2) is 0 Å². The highest BCUT2D eigenvalue weighted by Crippen LogP contribution is 2.26. The molecule has 0 aliphatic carbocycles. The van der Waals surface area contributed by atoms with E-state index in [0.717, 1.165) is 33.7 Å². The average Bonchev–Trinajstić information content (AvgIpc) is 2.71. The molecule has 0 aliphatic heterocycles. The van der Waals surface area contributed by atoms with Gasteiger partial charge in [0.1, 0.15) is 0 Å². The van der Waals surface area contributed by atoms with Crippen molar-refractivity contribution >= 4 is 22.5 Å². The van der Waals surface area contributed by atoms with Gasteiger partial charge < -0.3 is 15.0 Å². The lowest BCUT2D eigenvalue weighted by atomic mass is 10.2. The predicted molar refractivity (Wildman–Crippen MR) is 80.6 cm³/mol. The van der Waals surface area contributed by atoms with Gasteiger partial charge in [0.15, 0.2) is 0 Å². The topological polar surface area (TPSA) is 37.0 Å². The van der Waals surface area contributed by atoms with E-state index < -0.39 is 0 Å². The zero-order chi connectivity index (χ0) is 13.7. The third-order valence-electron chi connectivity index (χ3n) is 2.79. The number of ether oxygens (including phenoxy) is 1. The Kier molecular flexibility index (Phi) is 5.02. The molecule has 0 bridgehead atoms. The van der Waals surface area contributed by atoms with Crippen LogP contribution in [0.2, 0.25) is 5.02 Å². The summed E-state index contributed by atoms with van der Waals surface area (Å²) in [5, 5.41) is 5.17. The van der Waals surface area contributed by atoms with Gasteiger partial charge >= 0.3 is 0 Å². The number of benzene rings is 1. The zero-order valence-electron chi connectivity index (χ0n) is 11.1. The first kappa shape index (κ1) is 14.1. The first-order chi connectivity index (χ1) is 9.18. The number of hydrogen-bond donors (Lipinski definition) is 2. The van der Waals surface area contributed by atoms with Crippen molar-refractivity contribution in [3.63, 3.8) is 0 Å². The van der Waals surface area contributed by atoms with Crippen molar-refractivity contribution in [2.75, 3.05) is 19.8 Å². The number of halogens is 1. The molecule has 0 spiro atoms. The van der Waals surface area contributed by atoms with Crippen molar-refractivity contribution < 1.29 is 4.74 Å². The molecule has 102 valence electrons. The molecule has 2 N–H and O–H groups in total. The first-order valence-corrected chi connectivity index (χ1v) is 6.74. The summed E-state index contributed by atoms with van der Waals surface area (Å²) in [5.41, 5.74) is 3.13. The van der Waals surface area contributed by atoms with E-state index in [0.29, 0.717) is 19.8 Å². The summed E-state index contributed by atoms with van der Waals surface area (Å²) in [6.07, 6.45) is 0. The first-order valence-electron chi connectivity index (χ1n) is 6.36. The Labute approximate surface area is 118 Å². The van der Waals surface area contributed by atoms with Crippen LogP contribution < -0.4 is 5.32 Å². The fourth-order valence-corrected chi connectivity index (χ4v) is 2.17. The van der Waals surface area contributed by atoms with Gasteiger partial charge in [-0.05, 0) is 13.0 Å². The van der Waals surface area contributed by atoms with E-state index in [1.807, 2.05) is 31.2 Å². The molecule has 0 amide bonds. The average molecular weight is 279 g/mol. The van der Waals surface area contributed by atoms with Crippen molar-refractivity contribution in [1.82, 2.24) is 10.3 Å². The van der Waals surface area contributed by atoms with Gasteiger partial charge in [0, 0.05) is 29.7 Å². The van der Waals surface area contributed by atoms with Crippen molar-refractivity contribution in [1.29, 1.82) is 0 Å². The number of nitrogens with one attached hydrogen (secondary N) is 2. The molecule has 1 aromatic carbocycles. The Bertz CT molecular complexity index is 562. The van der Waals surface area contributed by atoms with E-state index >= 15 is 0 Å². The van der Waals surface area contributed by atoms with Crippen LogP contribution >= 0.6 is 11.6 Å². The van der Waals surface area contributed by atoms with Gasteiger partial charge in [-0.1, -0.05) is 42.0 Å². The number of aromatic amines is 1. The van der Waals surface area contributed by atoms with Crippen molar-refractivity contribution in [3.05, 3.63) is 47.1 Å². The highest BCUT2D eigenvalue weighted by atomic mass is 35.5. The summed E-state index contributed by atoms with van der Waals surface area (Å²) in [6.45, 7) is 8.54. The third-order valence-corrected chi connectivity index (χ3v) is 3.22. The maximum Gasteiger partial charge on any atom is 0.0705 e. The molecule has 4 heteroatoms. The second-order valence-corrected chi connectivity index (χ2v) is 5.03. The number of fused-ring (bicyclic) bond motifs is 1. The molecule has 3 nitrogen and oxygen atoms in total. The predicted octanol–water partition coefficient (Wildman–Crippen LogP) is 3.50. The third kappa shape index (κ3) is 3.83. The molecule has 0 fully saturated rings. The SMILES string of the molecule is C=C(C)COCCNCc1[nH]c2ccccc2c1Cl. The Balaban J connectivity index is 1.82. The lowest BCUT2D eigenvalue weighted by molar-refractivity contribution is 0.157. The van der Waals surface area contributed by atoms with Crippen LogP contribution in [0.1, 0.15) is 12.6 Å². The second-order valence-electron chi connectivity index (χ2n) is 4.65. The molecule has 1 heterocycles. The lowest BCUT2D eigenvalue weighted by Crippen LogP contribution is -2.19. The maximum absolute atomic E-state index is 6.32. The summed E-state index contributed by atoms with van der Waals surface area (Å²) in [7, 11) is 0. The minimum Gasteiger partial charge on any atom is -0.376 e. The fraction of sp³-hybridized carbons (Fsp3) is 0.333. The quantitative estimate of drug-likeness (QED) is 0.601. The molecule has 0 saturated heterocycles. The number of rotatable bonds is 7. The smallest absolute Gasteiger partial charge is 0.0705 e. The Morgan fingerprint density at radius 2 is 2.21 bits per heavy atom. The highest BCUT2D eigenvalue weighted by Gasteiger charge is 2.07. The minimum atomic E-state index is 0.620. The standard InChI is InChI=1S/C15H19ClN2O/c1-11(2)10-19-8-7-17-9-14-15(16)12-5-3-4-6-13(12)18-14/h3-6,17-18H,1,7-10H2,2H3. The van der Waals surface area contributed by atoms with Crippen LogP contribution in [-0.2, 0) is 11.3 Å². The number of hydrogen-bond acceptors (Lipinski definition) is 2. The van der Waals surface area contributed by atoms with E-state index in [1.165, 1.54) is 0 Å². The summed E-state index contributed by atoms with van der Waals surface area (Å²) in [6, 6.07) is 8.04. The van der Waals surface area contributed by atoms with Gasteiger partial charge in [-0.2, -0.15) is 0 Å². The molecule has 0 saturated carbocycles. The highest BCUT2D eigenvalue weighted by molar-refractivity contribution is 6.36. The summed E-state index contributed by atoms with van der Waals surface area (Å²) in [4.78, 5) is 3.32. The van der Waals surface area contributed by atoms with E-state index in [4.69, 9.17) is 16.3 Å². The van der Waals surface area contributed by atoms with Crippen LogP contribution in [0.25, 0.3) is 10.9 Å². The Morgan fingerprint density at radius 1 is 1.42 bits per heavy atom. The van der Waals surface area contributed by atoms with E-state index in [9.17, 15) is 0 Å². The molecule has 2 aromatic rings. The van der Waals surface area contributed by atoms with Crippen LogP contribution in [-0.4, -0.2) is 24.7 Å². The molecule has 0 aliphatic rings. The van der Waals surface area contributed by atoms with Gasteiger partial charge in [0.25, 0.3) is 0 Å². The number of H-pyrrole nitrogens is 1. The Morgan fingerprint density at radius 3 is 2.95 bits per heavy atom. The van der Waals surface area contributed by atoms with Crippen LogP contribution in [0.5, 0.6) is 0 Å². The molecule has 0 unspecified atom stereocenters. The molecule has 2 rings (SSSR count).